The fourth-order valence-corrected chi connectivity index (χ4v) is 2.39. The lowest BCUT2D eigenvalue weighted by molar-refractivity contribution is -0.128. The molecule has 2 aromatic carbocycles. The second-order valence-corrected chi connectivity index (χ2v) is 5.30. The molecule has 2 aromatic rings. The Kier molecular flexibility index (Phi) is 6.03. The van der Waals surface area contributed by atoms with Crippen LogP contribution in [0.15, 0.2) is 54.6 Å². The number of hydrogen-bond acceptors (Lipinski definition) is 3. The van der Waals surface area contributed by atoms with Gasteiger partial charge in [0.2, 0.25) is 0 Å². The van der Waals surface area contributed by atoms with Gasteiger partial charge in [-0.25, -0.2) is 0 Å². The van der Waals surface area contributed by atoms with Gasteiger partial charge in [-0.15, -0.1) is 0 Å². The summed E-state index contributed by atoms with van der Waals surface area (Å²) in [5.41, 5.74) is 0.943. The summed E-state index contributed by atoms with van der Waals surface area (Å²) in [4.78, 5) is 12.5. The van der Waals surface area contributed by atoms with Crippen LogP contribution in [0.1, 0.15) is 31.9 Å². The molecule has 0 spiro atoms. The first kappa shape index (κ1) is 16.9. The van der Waals surface area contributed by atoms with Gasteiger partial charge in [0.25, 0.3) is 5.91 Å². The molecule has 1 amide bonds. The van der Waals surface area contributed by atoms with Crippen molar-refractivity contribution in [1.82, 2.24) is 5.32 Å². The van der Waals surface area contributed by atoms with Crippen LogP contribution in [0.2, 0.25) is 0 Å². The molecule has 0 fully saturated rings. The predicted octanol–water partition coefficient (Wildman–Crippen LogP) is 3.73. The van der Waals surface area contributed by atoms with E-state index in [1.807, 2.05) is 68.4 Å². The number of ether oxygens (including phenoxy) is 2. The zero-order chi connectivity index (χ0) is 16.7. The summed E-state index contributed by atoms with van der Waals surface area (Å²) in [7, 11) is 1.63. The molecule has 0 aliphatic rings. The summed E-state index contributed by atoms with van der Waals surface area (Å²) in [6.07, 6.45) is 0.0777. The van der Waals surface area contributed by atoms with Crippen LogP contribution in [0.3, 0.4) is 0 Å². The summed E-state index contributed by atoms with van der Waals surface area (Å²) in [5, 5.41) is 3.00. The fraction of sp³-hybridized carbons (Fsp3) is 0.316. The van der Waals surface area contributed by atoms with Crippen LogP contribution in [0.4, 0.5) is 0 Å². The van der Waals surface area contributed by atoms with Gasteiger partial charge in [0.15, 0.2) is 6.10 Å². The molecule has 4 heteroatoms. The third kappa shape index (κ3) is 4.49. The van der Waals surface area contributed by atoms with Gasteiger partial charge in [-0.05, 0) is 31.5 Å². The number of methoxy groups -OCH3 is 1. The van der Waals surface area contributed by atoms with E-state index in [2.05, 4.69) is 5.32 Å². The second kappa shape index (κ2) is 8.22. The monoisotopic (exact) mass is 313 g/mol. The molecule has 0 aliphatic carbocycles. The minimum absolute atomic E-state index is 0.130. The van der Waals surface area contributed by atoms with Gasteiger partial charge >= 0.3 is 0 Å². The Morgan fingerprint density at radius 3 is 2.39 bits per heavy atom. The molecule has 4 nitrogen and oxygen atoms in total. The lowest BCUT2D eigenvalue weighted by Gasteiger charge is -2.21. The van der Waals surface area contributed by atoms with Crippen LogP contribution < -0.4 is 14.8 Å². The third-order valence-electron chi connectivity index (χ3n) is 3.65. The molecule has 2 rings (SSSR count). The Hall–Kier alpha value is -2.49. The van der Waals surface area contributed by atoms with Gasteiger partial charge in [-0.3, -0.25) is 4.79 Å². The first-order valence-corrected chi connectivity index (χ1v) is 7.80. The Balaban J connectivity index is 2.04. The topological polar surface area (TPSA) is 47.6 Å². The molecular formula is C19H23NO3. The van der Waals surface area contributed by atoms with Gasteiger partial charge < -0.3 is 14.8 Å². The second-order valence-electron chi connectivity index (χ2n) is 5.30. The van der Waals surface area contributed by atoms with Crippen molar-refractivity contribution in [3.8, 4) is 11.5 Å². The quantitative estimate of drug-likeness (QED) is 0.847. The average Bonchev–Trinajstić information content (AvgIpc) is 2.60. The van der Waals surface area contributed by atoms with Crippen LogP contribution in [0.5, 0.6) is 11.5 Å². The van der Waals surface area contributed by atoms with Crippen LogP contribution >= 0.6 is 0 Å². The highest BCUT2D eigenvalue weighted by Gasteiger charge is 2.21. The molecule has 0 unspecified atom stereocenters. The number of para-hydroxylation sites is 2. The van der Waals surface area contributed by atoms with Crippen molar-refractivity contribution in [3.63, 3.8) is 0 Å². The third-order valence-corrected chi connectivity index (χ3v) is 3.65. The van der Waals surface area contributed by atoms with E-state index < -0.39 is 6.10 Å². The first-order chi connectivity index (χ1) is 11.2. The van der Waals surface area contributed by atoms with E-state index in [4.69, 9.17) is 9.47 Å². The van der Waals surface area contributed by atoms with Gasteiger partial charge in [0, 0.05) is 5.56 Å². The molecule has 1 N–H and O–H groups in total. The molecule has 0 radical (unpaired) electrons. The number of benzene rings is 2. The maximum Gasteiger partial charge on any atom is 0.261 e. The lowest BCUT2D eigenvalue weighted by Crippen LogP contribution is -2.39. The molecule has 0 heterocycles. The average molecular weight is 313 g/mol. The summed E-state index contributed by atoms with van der Waals surface area (Å²) < 4.78 is 11.1. The van der Waals surface area contributed by atoms with Crippen molar-refractivity contribution in [2.45, 2.75) is 32.4 Å². The summed E-state index contributed by atoms with van der Waals surface area (Å²) in [5.74, 6) is 1.33. The Morgan fingerprint density at radius 2 is 1.74 bits per heavy atom. The van der Waals surface area contributed by atoms with Crippen molar-refractivity contribution in [2.24, 2.45) is 0 Å². The van der Waals surface area contributed by atoms with E-state index in [0.29, 0.717) is 12.2 Å². The highest BCUT2D eigenvalue weighted by atomic mass is 16.5. The standard InChI is InChI=1S/C19H23NO3/c1-4-17(23-15-10-6-5-7-11-15)19(21)20-14(2)16-12-8-9-13-18(16)22-3/h5-14,17H,4H2,1-3H3,(H,20,21)/t14-,17+/m1/s1. The summed E-state index contributed by atoms with van der Waals surface area (Å²) in [6, 6.07) is 16.9. The summed E-state index contributed by atoms with van der Waals surface area (Å²) in [6.45, 7) is 3.87. The normalized spacial score (nSPS) is 13.0. The maximum absolute atomic E-state index is 12.5. The summed E-state index contributed by atoms with van der Waals surface area (Å²) >= 11 is 0. The number of carbonyl (C=O) groups is 1. The van der Waals surface area contributed by atoms with E-state index in [1.165, 1.54) is 0 Å². The number of rotatable bonds is 7. The lowest BCUT2D eigenvalue weighted by atomic mass is 10.1. The fourth-order valence-electron chi connectivity index (χ4n) is 2.39. The van der Waals surface area contributed by atoms with Gasteiger partial charge in [0.1, 0.15) is 11.5 Å². The van der Waals surface area contributed by atoms with Gasteiger partial charge in [0.05, 0.1) is 13.2 Å². The molecular weight excluding hydrogens is 290 g/mol. The Bertz CT molecular complexity index is 628. The maximum atomic E-state index is 12.5. The Labute approximate surface area is 137 Å². The van der Waals surface area contributed by atoms with E-state index in [0.717, 1.165) is 11.3 Å². The van der Waals surface area contributed by atoms with Crippen molar-refractivity contribution in [2.75, 3.05) is 7.11 Å². The molecule has 122 valence electrons. The van der Waals surface area contributed by atoms with E-state index in [9.17, 15) is 4.79 Å². The van der Waals surface area contributed by atoms with Crippen molar-refractivity contribution in [3.05, 3.63) is 60.2 Å². The minimum atomic E-state index is -0.519. The van der Waals surface area contributed by atoms with Crippen molar-refractivity contribution in [1.29, 1.82) is 0 Å². The predicted molar refractivity (Wildman–Crippen MR) is 90.7 cm³/mol. The van der Waals surface area contributed by atoms with Crippen LogP contribution in [0.25, 0.3) is 0 Å². The van der Waals surface area contributed by atoms with Crippen molar-refractivity contribution < 1.29 is 14.3 Å². The van der Waals surface area contributed by atoms with Gasteiger partial charge in [-0.1, -0.05) is 43.3 Å². The highest BCUT2D eigenvalue weighted by Crippen LogP contribution is 2.24. The SMILES string of the molecule is CC[C@H](Oc1ccccc1)C(=O)N[C@H](C)c1ccccc1OC. The number of nitrogens with one attached hydrogen (secondary N) is 1. The van der Waals surface area contributed by atoms with E-state index >= 15 is 0 Å². The molecule has 0 aliphatic heterocycles. The number of hydrogen-bond donors (Lipinski definition) is 1. The molecule has 0 aromatic heterocycles. The zero-order valence-electron chi connectivity index (χ0n) is 13.8. The van der Waals surface area contributed by atoms with Crippen LogP contribution in [0, 0.1) is 0 Å². The Morgan fingerprint density at radius 1 is 1.09 bits per heavy atom. The first-order valence-electron chi connectivity index (χ1n) is 7.80. The van der Waals surface area contributed by atoms with Crippen LogP contribution in [-0.2, 0) is 4.79 Å². The zero-order valence-corrected chi connectivity index (χ0v) is 13.8. The molecule has 0 saturated carbocycles. The largest absolute Gasteiger partial charge is 0.496 e. The highest BCUT2D eigenvalue weighted by molar-refractivity contribution is 5.81. The smallest absolute Gasteiger partial charge is 0.261 e. The van der Waals surface area contributed by atoms with Gasteiger partial charge in [-0.2, -0.15) is 0 Å². The molecule has 2 atom stereocenters. The number of amides is 1. The van der Waals surface area contributed by atoms with Crippen LogP contribution in [-0.4, -0.2) is 19.1 Å². The number of carbonyl (C=O) groups excluding carboxylic acids is 1. The molecule has 0 saturated heterocycles. The molecule has 0 bridgehead atoms. The van der Waals surface area contributed by atoms with Crippen molar-refractivity contribution >= 4 is 5.91 Å². The molecule has 23 heavy (non-hydrogen) atoms. The minimum Gasteiger partial charge on any atom is -0.496 e. The van der Waals surface area contributed by atoms with E-state index in [1.54, 1.807) is 7.11 Å². The van der Waals surface area contributed by atoms with E-state index in [-0.39, 0.29) is 11.9 Å².